The van der Waals surface area contributed by atoms with Crippen LogP contribution in [0.3, 0.4) is 0 Å². The first-order valence-corrected chi connectivity index (χ1v) is 13.2. The molecule has 5 aromatic rings. The molecule has 0 amide bonds. The normalized spacial score (nSPS) is 11.8. The van der Waals surface area contributed by atoms with Crippen LogP contribution in [0.15, 0.2) is 72.9 Å². The SMILES string of the molecule is Fc1cc(OC(F)(F)c2c(F)cc(-c3ccc(I)cn3)cc2F)ccc1-c1ccc2c(F)c(C#CC(F)(F)F)c(F)cc2c1. The molecule has 4 aromatic carbocycles. The predicted octanol–water partition coefficient (Wildman–Crippen LogP) is 9.91. The summed E-state index contributed by atoms with van der Waals surface area (Å²) >= 11 is 1.96. The molecular formula is C31H12F10INO. The molecule has 0 saturated carbocycles. The highest BCUT2D eigenvalue weighted by Crippen LogP contribution is 2.38. The van der Waals surface area contributed by atoms with Crippen LogP contribution in [-0.2, 0) is 6.11 Å². The maximum Gasteiger partial charge on any atom is 0.458 e. The van der Waals surface area contributed by atoms with Gasteiger partial charge in [0.15, 0.2) is 0 Å². The fourth-order valence-corrected chi connectivity index (χ4v) is 4.60. The lowest BCUT2D eigenvalue weighted by Gasteiger charge is -2.20. The molecule has 0 saturated heterocycles. The highest BCUT2D eigenvalue weighted by Gasteiger charge is 2.41. The van der Waals surface area contributed by atoms with E-state index in [1.807, 2.05) is 22.6 Å². The third-order valence-corrected chi connectivity index (χ3v) is 6.85. The number of halogens is 11. The summed E-state index contributed by atoms with van der Waals surface area (Å²) in [6, 6.07) is 10.8. The molecule has 0 unspecified atom stereocenters. The van der Waals surface area contributed by atoms with Gasteiger partial charge in [-0.05, 0) is 82.1 Å². The zero-order chi connectivity index (χ0) is 32.0. The molecule has 0 radical (unpaired) electrons. The van der Waals surface area contributed by atoms with Crippen molar-refractivity contribution in [2.75, 3.05) is 0 Å². The van der Waals surface area contributed by atoms with Crippen LogP contribution >= 0.6 is 22.6 Å². The van der Waals surface area contributed by atoms with Gasteiger partial charge in [-0.3, -0.25) is 4.98 Å². The minimum absolute atomic E-state index is 0.0122. The third kappa shape index (κ3) is 6.45. The van der Waals surface area contributed by atoms with Gasteiger partial charge in [-0.25, -0.2) is 22.0 Å². The summed E-state index contributed by atoms with van der Waals surface area (Å²) in [6.45, 7) is 0. The Morgan fingerprint density at radius 1 is 0.705 bits per heavy atom. The van der Waals surface area contributed by atoms with E-state index in [0.717, 1.165) is 39.8 Å². The first-order valence-electron chi connectivity index (χ1n) is 12.1. The Bertz CT molecular complexity index is 1960. The van der Waals surface area contributed by atoms with E-state index in [9.17, 15) is 39.5 Å². The van der Waals surface area contributed by atoms with Gasteiger partial charge in [0.05, 0.1) is 11.3 Å². The van der Waals surface area contributed by atoms with Gasteiger partial charge < -0.3 is 4.74 Å². The van der Waals surface area contributed by atoms with E-state index in [1.54, 1.807) is 6.07 Å². The monoisotopic (exact) mass is 731 g/mol. The molecule has 13 heteroatoms. The number of hydrogen-bond donors (Lipinski definition) is 0. The van der Waals surface area contributed by atoms with Crippen molar-refractivity contribution in [1.29, 1.82) is 0 Å². The summed E-state index contributed by atoms with van der Waals surface area (Å²) < 4.78 is 146. The second kappa shape index (κ2) is 11.6. The number of rotatable bonds is 5. The topological polar surface area (TPSA) is 22.1 Å². The molecule has 0 fully saturated rings. The highest BCUT2D eigenvalue weighted by molar-refractivity contribution is 14.1. The predicted molar refractivity (Wildman–Crippen MR) is 149 cm³/mol. The Morgan fingerprint density at radius 3 is 2.02 bits per heavy atom. The fourth-order valence-electron chi connectivity index (χ4n) is 4.28. The van der Waals surface area contributed by atoms with Crippen LogP contribution in [0.2, 0.25) is 0 Å². The van der Waals surface area contributed by atoms with Gasteiger partial charge in [0.2, 0.25) is 0 Å². The van der Waals surface area contributed by atoms with Crippen LogP contribution in [0.25, 0.3) is 33.2 Å². The zero-order valence-electron chi connectivity index (χ0n) is 21.4. The molecule has 0 bridgehead atoms. The van der Waals surface area contributed by atoms with Gasteiger partial charge in [0, 0.05) is 38.3 Å². The maximum atomic E-state index is 15.0. The second-order valence-corrected chi connectivity index (χ2v) is 10.4. The average Bonchev–Trinajstić information content (AvgIpc) is 2.91. The van der Waals surface area contributed by atoms with Gasteiger partial charge >= 0.3 is 12.3 Å². The van der Waals surface area contributed by atoms with E-state index < -0.39 is 58.2 Å². The lowest BCUT2D eigenvalue weighted by Crippen LogP contribution is -2.25. The number of ether oxygens (including phenoxy) is 1. The number of hydrogen-bond acceptors (Lipinski definition) is 2. The van der Waals surface area contributed by atoms with Crippen molar-refractivity contribution < 1.29 is 48.6 Å². The Kier molecular flexibility index (Phi) is 8.23. The molecule has 1 aromatic heterocycles. The fraction of sp³-hybridized carbons (Fsp3) is 0.0645. The summed E-state index contributed by atoms with van der Waals surface area (Å²) in [5, 5.41) is -0.467. The number of fused-ring (bicyclic) bond motifs is 1. The molecule has 44 heavy (non-hydrogen) atoms. The number of pyridine rings is 1. The van der Waals surface area contributed by atoms with Gasteiger partial charge in [-0.15, -0.1) is 0 Å². The van der Waals surface area contributed by atoms with Crippen molar-refractivity contribution in [2.45, 2.75) is 12.3 Å². The quantitative estimate of drug-likeness (QED) is 0.102. The molecular weight excluding hydrogens is 719 g/mol. The number of aromatic nitrogens is 1. The van der Waals surface area contributed by atoms with Gasteiger partial charge in [0.25, 0.3) is 0 Å². The molecule has 1 heterocycles. The Balaban J connectivity index is 1.43. The molecule has 0 N–H and O–H groups in total. The van der Waals surface area contributed by atoms with Crippen LogP contribution in [0.4, 0.5) is 43.9 Å². The maximum absolute atomic E-state index is 15.0. The molecule has 5 rings (SSSR count). The van der Waals surface area contributed by atoms with Crippen LogP contribution in [0.1, 0.15) is 11.1 Å². The first kappa shape index (κ1) is 31.1. The summed E-state index contributed by atoms with van der Waals surface area (Å²) in [4.78, 5) is 4.00. The van der Waals surface area contributed by atoms with E-state index in [1.165, 1.54) is 18.2 Å². The van der Waals surface area contributed by atoms with Gasteiger partial charge in [0.1, 0.15) is 40.4 Å². The van der Waals surface area contributed by atoms with E-state index in [2.05, 4.69) is 9.72 Å². The lowest BCUT2D eigenvalue weighted by atomic mass is 9.98. The van der Waals surface area contributed by atoms with E-state index in [0.29, 0.717) is 24.3 Å². The molecule has 0 aliphatic rings. The van der Waals surface area contributed by atoms with Crippen molar-refractivity contribution in [3.8, 4) is 40.0 Å². The minimum Gasteiger partial charge on any atom is -0.429 e. The highest BCUT2D eigenvalue weighted by atomic mass is 127. The smallest absolute Gasteiger partial charge is 0.429 e. The number of benzene rings is 4. The Morgan fingerprint density at radius 2 is 1.41 bits per heavy atom. The van der Waals surface area contributed by atoms with Crippen molar-refractivity contribution in [3.63, 3.8) is 0 Å². The Hall–Kier alpha value is -4.32. The van der Waals surface area contributed by atoms with Crippen LogP contribution in [-0.4, -0.2) is 11.2 Å². The summed E-state index contributed by atoms with van der Waals surface area (Å²) in [5.41, 5.74) is -3.02. The van der Waals surface area contributed by atoms with Crippen molar-refractivity contribution >= 4 is 33.4 Å². The number of nitrogens with zero attached hydrogens (tertiary/aromatic N) is 1. The molecule has 2 nitrogen and oxygen atoms in total. The zero-order valence-corrected chi connectivity index (χ0v) is 23.6. The lowest BCUT2D eigenvalue weighted by molar-refractivity contribution is -0.189. The summed E-state index contributed by atoms with van der Waals surface area (Å²) in [5.74, 6) is -5.77. The van der Waals surface area contributed by atoms with Gasteiger partial charge in [-0.2, -0.15) is 22.0 Å². The molecule has 0 aliphatic carbocycles. The van der Waals surface area contributed by atoms with E-state index in [-0.39, 0.29) is 33.2 Å². The van der Waals surface area contributed by atoms with Crippen molar-refractivity contribution in [3.05, 3.63) is 117 Å². The largest absolute Gasteiger partial charge is 0.458 e. The van der Waals surface area contributed by atoms with E-state index >= 15 is 4.39 Å². The van der Waals surface area contributed by atoms with Crippen LogP contribution < -0.4 is 4.74 Å². The van der Waals surface area contributed by atoms with Crippen molar-refractivity contribution in [2.24, 2.45) is 0 Å². The molecule has 0 spiro atoms. The summed E-state index contributed by atoms with van der Waals surface area (Å²) in [6.07, 6.45) is -8.15. The molecule has 0 atom stereocenters. The van der Waals surface area contributed by atoms with Crippen LogP contribution in [0, 0.1) is 44.5 Å². The second-order valence-electron chi connectivity index (χ2n) is 9.17. The van der Waals surface area contributed by atoms with Crippen LogP contribution in [0.5, 0.6) is 5.75 Å². The van der Waals surface area contributed by atoms with Crippen molar-refractivity contribution in [1.82, 2.24) is 4.98 Å². The summed E-state index contributed by atoms with van der Waals surface area (Å²) in [7, 11) is 0. The first-order chi connectivity index (χ1) is 20.6. The molecule has 0 aliphatic heterocycles. The standard InChI is InChI=1S/C31H12F10INO/c32-23-10-16-9-15(1-4-21(16)29(36)22(23)7-8-30(37,38)39)20-5-3-19(13-24(20)33)44-31(40,41)28-25(34)11-17(12-26(28)35)27-6-2-18(42)14-43-27/h1-6,9-14H. The number of alkyl halides is 5. The average molecular weight is 731 g/mol. The van der Waals surface area contributed by atoms with Gasteiger partial charge in [-0.1, -0.05) is 18.1 Å². The van der Waals surface area contributed by atoms with E-state index in [4.69, 9.17) is 0 Å². The Labute approximate surface area is 255 Å². The minimum atomic E-state index is -4.98. The third-order valence-electron chi connectivity index (χ3n) is 6.21. The molecule has 224 valence electrons.